The van der Waals surface area contributed by atoms with Gasteiger partial charge in [0, 0.05) is 37.1 Å². The van der Waals surface area contributed by atoms with Crippen LogP contribution in [0, 0.1) is 0 Å². The van der Waals surface area contributed by atoms with Crippen LogP contribution in [0.3, 0.4) is 0 Å². The highest BCUT2D eigenvalue weighted by molar-refractivity contribution is 5.90. The van der Waals surface area contributed by atoms with Gasteiger partial charge in [0.1, 0.15) is 12.4 Å². The molecule has 0 amide bonds. The van der Waals surface area contributed by atoms with Crippen molar-refractivity contribution in [1.82, 2.24) is 9.88 Å². The van der Waals surface area contributed by atoms with Gasteiger partial charge in [-0.25, -0.2) is 4.98 Å². The molecule has 30 heavy (non-hydrogen) atoms. The van der Waals surface area contributed by atoms with Gasteiger partial charge < -0.3 is 24.1 Å². The highest BCUT2D eigenvalue weighted by Crippen LogP contribution is 2.32. The number of halogens is 2. The zero-order valence-corrected chi connectivity index (χ0v) is 18.9. The third-order valence-electron chi connectivity index (χ3n) is 5.18. The van der Waals surface area contributed by atoms with E-state index in [-0.39, 0.29) is 31.4 Å². The summed E-state index contributed by atoms with van der Waals surface area (Å²) in [4.78, 5) is 9.73. The number of pyridine rings is 1. The first-order valence-corrected chi connectivity index (χ1v) is 9.91. The van der Waals surface area contributed by atoms with Crippen molar-refractivity contribution >= 4 is 41.6 Å². The molecular weight excluding hydrogens is 425 g/mol. The van der Waals surface area contributed by atoms with E-state index >= 15 is 0 Å². The Labute approximate surface area is 189 Å². The van der Waals surface area contributed by atoms with E-state index in [2.05, 4.69) is 22.8 Å². The molecule has 1 N–H and O–H groups in total. The van der Waals surface area contributed by atoms with Gasteiger partial charge in [0.25, 0.3) is 0 Å². The molecule has 1 aromatic carbocycles. The van der Waals surface area contributed by atoms with Crippen LogP contribution in [0.25, 0.3) is 22.2 Å². The Bertz CT molecular complexity index is 923. The van der Waals surface area contributed by atoms with Gasteiger partial charge in [0.2, 0.25) is 0 Å². The fraction of sp³-hybridized carbons (Fsp3) is 0.409. The molecule has 0 unspecified atom stereocenters. The van der Waals surface area contributed by atoms with Gasteiger partial charge in [0.15, 0.2) is 11.4 Å². The second-order valence-electron chi connectivity index (χ2n) is 7.28. The average molecular weight is 454 g/mol. The van der Waals surface area contributed by atoms with Crippen LogP contribution in [0.4, 0.5) is 5.82 Å². The third-order valence-corrected chi connectivity index (χ3v) is 5.18. The molecule has 1 aliphatic heterocycles. The fourth-order valence-corrected chi connectivity index (χ4v) is 3.54. The van der Waals surface area contributed by atoms with E-state index < -0.39 is 6.10 Å². The number of rotatable bonds is 6. The number of nitrogens with zero attached hydrogens (tertiary/aromatic N) is 3. The maximum atomic E-state index is 9.36. The Morgan fingerprint density at radius 1 is 1.10 bits per heavy atom. The van der Waals surface area contributed by atoms with Crippen molar-refractivity contribution in [3.05, 3.63) is 42.7 Å². The monoisotopic (exact) mass is 453 g/mol. The number of aliphatic hydroxyl groups excluding tert-OH is 1. The molecule has 6 nitrogen and oxygen atoms in total. The third kappa shape index (κ3) is 5.38. The minimum Gasteiger partial charge on any atom is -0.491 e. The van der Waals surface area contributed by atoms with Crippen molar-refractivity contribution in [1.29, 1.82) is 0 Å². The maximum absolute atomic E-state index is 9.36. The van der Waals surface area contributed by atoms with E-state index in [4.69, 9.17) is 14.1 Å². The lowest BCUT2D eigenvalue weighted by molar-refractivity contribution is 0.123. The van der Waals surface area contributed by atoms with Crippen LogP contribution in [-0.2, 0) is 0 Å². The Morgan fingerprint density at radius 2 is 1.80 bits per heavy atom. The summed E-state index contributed by atoms with van der Waals surface area (Å²) in [6.07, 6.45) is 1.25. The number of aromatic nitrogens is 1. The summed E-state index contributed by atoms with van der Waals surface area (Å²) in [5, 5.41) is 10.4. The zero-order valence-electron chi connectivity index (χ0n) is 17.3. The van der Waals surface area contributed by atoms with Crippen LogP contribution in [0.1, 0.15) is 13.8 Å². The van der Waals surface area contributed by atoms with Crippen LogP contribution in [-0.4, -0.2) is 60.4 Å². The number of ether oxygens (including phenoxy) is 1. The molecule has 164 valence electrons. The normalized spacial score (nSPS) is 15.4. The number of likely N-dealkylation sites (N-methyl/N-ethyl adjacent to an activating group) is 1. The van der Waals surface area contributed by atoms with Crippen molar-refractivity contribution in [2.75, 3.05) is 44.2 Å². The second-order valence-corrected chi connectivity index (χ2v) is 7.28. The van der Waals surface area contributed by atoms with Crippen molar-refractivity contribution in [2.45, 2.75) is 20.0 Å². The summed E-state index contributed by atoms with van der Waals surface area (Å²) in [6, 6.07) is 11.9. The summed E-state index contributed by atoms with van der Waals surface area (Å²) in [7, 11) is 0. The molecule has 0 radical (unpaired) electrons. The van der Waals surface area contributed by atoms with E-state index in [0.29, 0.717) is 0 Å². The predicted molar refractivity (Wildman–Crippen MR) is 125 cm³/mol. The fourth-order valence-electron chi connectivity index (χ4n) is 3.54. The Kier molecular flexibility index (Phi) is 8.79. The molecule has 0 saturated carbocycles. The smallest absolute Gasteiger partial charge is 0.176 e. The molecule has 3 heterocycles. The van der Waals surface area contributed by atoms with E-state index in [9.17, 15) is 5.11 Å². The van der Waals surface area contributed by atoms with Gasteiger partial charge in [-0.15, -0.1) is 24.8 Å². The van der Waals surface area contributed by atoms with Crippen LogP contribution >= 0.6 is 24.8 Å². The number of benzene rings is 1. The van der Waals surface area contributed by atoms with Crippen molar-refractivity contribution in [3.63, 3.8) is 0 Å². The molecule has 8 heteroatoms. The lowest BCUT2D eigenvalue weighted by atomic mass is 10.1. The quantitative estimate of drug-likeness (QED) is 0.601. The second kappa shape index (κ2) is 10.9. The molecule has 0 spiro atoms. The first-order valence-electron chi connectivity index (χ1n) is 9.91. The van der Waals surface area contributed by atoms with Gasteiger partial charge in [0.05, 0.1) is 18.1 Å². The van der Waals surface area contributed by atoms with E-state index in [0.717, 1.165) is 66.5 Å². The summed E-state index contributed by atoms with van der Waals surface area (Å²) in [5.74, 6) is 1.66. The topological polar surface area (TPSA) is 62.0 Å². The lowest BCUT2D eigenvalue weighted by Crippen LogP contribution is -2.46. The predicted octanol–water partition coefficient (Wildman–Crippen LogP) is 4.24. The van der Waals surface area contributed by atoms with Crippen molar-refractivity contribution in [3.8, 4) is 17.0 Å². The van der Waals surface area contributed by atoms with Crippen LogP contribution in [0.15, 0.2) is 47.1 Å². The summed E-state index contributed by atoms with van der Waals surface area (Å²) in [5.41, 5.74) is 2.80. The molecule has 1 aliphatic rings. The lowest BCUT2D eigenvalue weighted by Gasteiger charge is -2.34. The Hall–Kier alpha value is -1.99. The van der Waals surface area contributed by atoms with Crippen LogP contribution in [0.2, 0.25) is 0 Å². The van der Waals surface area contributed by atoms with Crippen LogP contribution in [0.5, 0.6) is 5.75 Å². The van der Waals surface area contributed by atoms with Crippen molar-refractivity contribution < 1.29 is 14.3 Å². The number of hydrogen-bond acceptors (Lipinski definition) is 6. The molecule has 3 aromatic rings. The van der Waals surface area contributed by atoms with Gasteiger partial charge in [-0.2, -0.15) is 0 Å². The molecule has 1 atom stereocenters. The number of anilines is 1. The first kappa shape index (κ1) is 24.3. The van der Waals surface area contributed by atoms with Gasteiger partial charge in [-0.1, -0.05) is 6.92 Å². The number of hydrogen-bond donors (Lipinski definition) is 1. The minimum absolute atomic E-state index is 0. The zero-order chi connectivity index (χ0) is 19.5. The standard InChI is InChI=1S/C22H27N3O3.2ClH/c1-3-24-9-11-25(12-10-24)22-21-18(8-13-27-21)14-20(23-22)17-4-6-19(7-5-17)28-15-16(2)26;;/h4-8,13-14,16,26H,3,9-12,15H2,1-2H3;2*1H/t16-;;/m1../s1. The largest absolute Gasteiger partial charge is 0.491 e. The molecule has 4 rings (SSSR count). The molecule has 0 aliphatic carbocycles. The van der Waals surface area contributed by atoms with E-state index in [1.165, 1.54) is 0 Å². The molecule has 1 saturated heterocycles. The van der Waals surface area contributed by atoms with Gasteiger partial charge in [-0.3, -0.25) is 0 Å². The van der Waals surface area contributed by atoms with Gasteiger partial charge in [-0.05, 0) is 49.9 Å². The molecule has 2 aromatic heterocycles. The summed E-state index contributed by atoms with van der Waals surface area (Å²) in [6.45, 7) is 9.26. The first-order chi connectivity index (χ1) is 13.6. The highest BCUT2D eigenvalue weighted by atomic mass is 35.5. The van der Waals surface area contributed by atoms with E-state index in [1.807, 2.05) is 30.3 Å². The summed E-state index contributed by atoms with van der Waals surface area (Å²) < 4.78 is 11.3. The number of fused-ring (bicyclic) bond motifs is 1. The van der Waals surface area contributed by atoms with Crippen molar-refractivity contribution in [2.24, 2.45) is 0 Å². The Morgan fingerprint density at radius 3 is 2.43 bits per heavy atom. The number of piperazine rings is 1. The Balaban J connectivity index is 0.00000160. The summed E-state index contributed by atoms with van der Waals surface area (Å²) >= 11 is 0. The SMILES string of the molecule is CCN1CCN(c2nc(-c3ccc(OC[C@@H](C)O)cc3)cc3ccoc23)CC1.Cl.Cl. The minimum atomic E-state index is -0.486. The van der Waals surface area contributed by atoms with E-state index in [1.54, 1.807) is 13.2 Å². The van der Waals surface area contributed by atoms with Gasteiger partial charge >= 0.3 is 0 Å². The maximum Gasteiger partial charge on any atom is 0.176 e. The molecular formula is C22H29Cl2N3O3. The highest BCUT2D eigenvalue weighted by Gasteiger charge is 2.21. The number of furan rings is 1. The number of aliphatic hydroxyl groups is 1. The molecule has 0 bridgehead atoms. The average Bonchev–Trinajstić information content (AvgIpc) is 3.21. The molecule has 1 fully saturated rings. The van der Waals surface area contributed by atoms with Crippen LogP contribution < -0.4 is 9.64 Å².